The summed E-state index contributed by atoms with van der Waals surface area (Å²) in [6, 6.07) is 2.45. The third kappa shape index (κ3) is 2.51. The van der Waals surface area contributed by atoms with Crippen LogP contribution in [-0.2, 0) is 0 Å². The number of halogens is 1. The van der Waals surface area contributed by atoms with Gasteiger partial charge in [0.25, 0.3) is 0 Å². The molecular weight excluding hydrogens is 246 g/mol. The largest absolute Gasteiger partial charge is 0.324 e. The molecule has 0 bridgehead atoms. The monoisotopic (exact) mass is 265 g/mol. The maximum Gasteiger partial charge on any atom is 0.128 e. The van der Waals surface area contributed by atoms with Crippen LogP contribution in [0.25, 0.3) is 11.0 Å². The van der Waals surface area contributed by atoms with Crippen molar-refractivity contribution >= 4 is 22.6 Å². The number of alkyl halides is 1. The summed E-state index contributed by atoms with van der Waals surface area (Å²) in [4.78, 5) is 8.74. The molecule has 0 saturated heterocycles. The first-order chi connectivity index (χ1) is 8.65. The minimum absolute atomic E-state index is 0.0820. The highest BCUT2D eigenvalue weighted by Crippen LogP contribution is 2.29. The first-order valence-corrected chi connectivity index (χ1v) is 7.04. The fraction of sp³-hybridized carbons (Fsp3) is 0.571. The van der Waals surface area contributed by atoms with Crippen LogP contribution in [0.15, 0.2) is 18.5 Å². The summed E-state index contributed by atoms with van der Waals surface area (Å²) < 4.78 is 2.27. The lowest BCUT2D eigenvalue weighted by atomic mass is 10.1. The molecule has 4 heteroatoms. The second-order valence-corrected chi connectivity index (χ2v) is 5.47. The van der Waals surface area contributed by atoms with Crippen LogP contribution in [0.5, 0.6) is 0 Å². The molecule has 18 heavy (non-hydrogen) atoms. The van der Waals surface area contributed by atoms with Gasteiger partial charge in [0.1, 0.15) is 11.3 Å². The Hall–Kier alpha value is -1.09. The fourth-order valence-corrected chi connectivity index (χ4v) is 2.50. The van der Waals surface area contributed by atoms with Gasteiger partial charge in [-0.3, -0.25) is 4.98 Å². The molecule has 0 amide bonds. The molecule has 0 saturated carbocycles. The van der Waals surface area contributed by atoms with Crippen LogP contribution in [0.1, 0.15) is 57.3 Å². The van der Waals surface area contributed by atoms with Gasteiger partial charge in [0, 0.05) is 12.2 Å². The predicted octanol–water partition coefficient (Wildman–Crippen LogP) is 4.48. The second-order valence-electron chi connectivity index (χ2n) is 4.81. The number of pyridine rings is 1. The van der Waals surface area contributed by atoms with E-state index in [2.05, 4.69) is 28.4 Å². The second kappa shape index (κ2) is 5.70. The van der Waals surface area contributed by atoms with Crippen molar-refractivity contribution in [3.8, 4) is 0 Å². The predicted molar refractivity (Wildman–Crippen MR) is 76.0 cm³/mol. The lowest BCUT2D eigenvalue weighted by molar-refractivity contribution is 0.480. The first-order valence-electron chi connectivity index (χ1n) is 6.61. The number of nitrogens with zero attached hydrogens (tertiary/aromatic N) is 3. The Morgan fingerprint density at radius 2 is 2.17 bits per heavy atom. The molecule has 2 aromatic heterocycles. The Morgan fingerprint density at radius 3 is 2.83 bits per heavy atom. The molecule has 2 heterocycles. The van der Waals surface area contributed by atoms with Crippen LogP contribution in [0.2, 0.25) is 0 Å². The highest BCUT2D eigenvalue weighted by molar-refractivity contribution is 6.20. The van der Waals surface area contributed by atoms with E-state index in [4.69, 9.17) is 11.6 Å². The van der Waals surface area contributed by atoms with Gasteiger partial charge in [-0.05, 0) is 26.3 Å². The lowest BCUT2D eigenvalue weighted by Gasteiger charge is -2.18. The van der Waals surface area contributed by atoms with Crippen LogP contribution in [-0.4, -0.2) is 14.5 Å². The smallest absolute Gasteiger partial charge is 0.128 e. The fourth-order valence-electron chi connectivity index (χ4n) is 2.34. The Bertz CT molecular complexity index is 519. The zero-order valence-electron chi connectivity index (χ0n) is 11.2. The topological polar surface area (TPSA) is 30.7 Å². The summed E-state index contributed by atoms with van der Waals surface area (Å²) in [5.74, 6) is 0.947. The molecule has 0 fully saturated rings. The van der Waals surface area contributed by atoms with Gasteiger partial charge in [-0.1, -0.05) is 19.8 Å². The summed E-state index contributed by atoms with van der Waals surface area (Å²) in [5.41, 5.74) is 2.07. The van der Waals surface area contributed by atoms with Crippen molar-refractivity contribution < 1.29 is 0 Å². The van der Waals surface area contributed by atoms with Gasteiger partial charge in [-0.15, -0.1) is 11.6 Å². The van der Waals surface area contributed by atoms with Crippen molar-refractivity contribution in [2.24, 2.45) is 0 Å². The zero-order chi connectivity index (χ0) is 13.1. The average Bonchev–Trinajstić information content (AvgIpc) is 2.75. The summed E-state index contributed by atoms with van der Waals surface area (Å²) >= 11 is 6.25. The van der Waals surface area contributed by atoms with Gasteiger partial charge in [0.05, 0.1) is 17.1 Å². The summed E-state index contributed by atoms with van der Waals surface area (Å²) in [5, 5.41) is -0.0820. The standard InChI is InChI=1S/C14H20ClN3/c1-4-5-6-10(2)18-13-7-8-16-9-12(13)17-14(18)11(3)15/h7-11H,4-6H2,1-3H3. The maximum absolute atomic E-state index is 6.25. The van der Waals surface area contributed by atoms with Crippen LogP contribution >= 0.6 is 11.6 Å². The normalized spacial score (nSPS) is 14.9. The van der Waals surface area contributed by atoms with Crippen molar-refractivity contribution in [3.05, 3.63) is 24.3 Å². The molecule has 2 aromatic rings. The van der Waals surface area contributed by atoms with Crippen LogP contribution < -0.4 is 0 Å². The zero-order valence-corrected chi connectivity index (χ0v) is 12.0. The van der Waals surface area contributed by atoms with E-state index in [0.29, 0.717) is 6.04 Å². The van der Waals surface area contributed by atoms with Crippen molar-refractivity contribution in [1.29, 1.82) is 0 Å². The summed E-state index contributed by atoms with van der Waals surface area (Å²) in [6.45, 7) is 6.42. The number of rotatable bonds is 5. The molecule has 3 nitrogen and oxygen atoms in total. The quantitative estimate of drug-likeness (QED) is 0.746. The third-order valence-corrected chi connectivity index (χ3v) is 3.49. The Balaban J connectivity index is 2.47. The van der Waals surface area contributed by atoms with E-state index in [-0.39, 0.29) is 5.38 Å². The van der Waals surface area contributed by atoms with Gasteiger partial charge >= 0.3 is 0 Å². The number of hydrogen-bond acceptors (Lipinski definition) is 2. The summed E-state index contributed by atoms with van der Waals surface area (Å²) in [7, 11) is 0. The molecule has 0 N–H and O–H groups in total. The van der Waals surface area contributed by atoms with Gasteiger partial charge in [-0.25, -0.2) is 4.98 Å². The van der Waals surface area contributed by atoms with Gasteiger partial charge in [0.2, 0.25) is 0 Å². The van der Waals surface area contributed by atoms with Crippen molar-refractivity contribution in [2.45, 2.75) is 51.5 Å². The van der Waals surface area contributed by atoms with Crippen LogP contribution in [0.4, 0.5) is 0 Å². The number of fused-ring (bicyclic) bond motifs is 1. The Kier molecular flexibility index (Phi) is 4.23. The number of unbranched alkanes of at least 4 members (excludes halogenated alkanes) is 1. The summed E-state index contributed by atoms with van der Waals surface area (Å²) in [6.07, 6.45) is 7.21. The Morgan fingerprint density at radius 1 is 1.39 bits per heavy atom. The Labute approximate surface area is 113 Å². The molecular formula is C14H20ClN3. The van der Waals surface area contributed by atoms with Crippen molar-refractivity contribution in [3.63, 3.8) is 0 Å². The molecule has 0 aliphatic rings. The van der Waals surface area contributed by atoms with E-state index >= 15 is 0 Å². The maximum atomic E-state index is 6.25. The van der Waals surface area contributed by atoms with E-state index < -0.39 is 0 Å². The van der Waals surface area contributed by atoms with E-state index in [1.165, 1.54) is 12.8 Å². The van der Waals surface area contributed by atoms with Crippen LogP contribution in [0, 0.1) is 0 Å². The van der Waals surface area contributed by atoms with Gasteiger partial charge in [-0.2, -0.15) is 0 Å². The third-order valence-electron chi connectivity index (χ3n) is 3.29. The number of imidazole rings is 1. The molecule has 0 aromatic carbocycles. The van der Waals surface area contributed by atoms with Crippen molar-refractivity contribution in [2.75, 3.05) is 0 Å². The van der Waals surface area contributed by atoms with E-state index in [0.717, 1.165) is 23.3 Å². The van der Waals surface area contributed by atoms with Gasteiger partial charge < -0.3 is 4.57 Å². The SMILES string of the molecule is CCCCC(C)n1c(C(C)Cl)nc2cnccc21. The van der Waals surface area contributed by atoms with E-state index in [9.17, 15) is 0 Å². The minimum Gasteiger partial charge on any atom is -0.324 e. The van der Waals surface area contributed by atoms with E-state index in [1.54, 1.807) is 6.20 Å². The first kappa shape index (κ1) is 13.3. The molecule has 98 valence electrons. The molecule has 2 rings (SSSR count). The molecule has 0 radical (unpaired) electrons. The molecule has 0 spiro atoms. The van der Waals surface area contributed by atoms with Gasteiger partial charge in [0.15, 0.2) is 0 Å². The minimum atomic E-state index is -0.0820. The molecule has 2 unspecified atom stereocenters. The lowest BCUT2D eigenvalue weighted by Crippen LogP contribution is -2.10. The average molecular weight is 266 g/mol. The molecule has 2 atom stereocenters. The number of aromatic nitrogens is 3. The molecule has 0 aliphatic carbocycles. The number of hydrogen-bond donors (Lipinski definition) is 0. The highest BCUT2D eigenvalue weighted by Gasteiger charge is 2.18. The van der Waals surface area contributed by atoms with Crippen molar-refractivity contribution in [1.82, 2.24) is 14.5 Å². The molecule has 0 aliphatic heterocycles. The van der Waals surface area contributed by atoms with E-state index in [1.807, 2.05) is 19.2 Å². The van der Waals surface area contributed by atoms with Crippen LogP contribution in [0.3, 0.4) is 0 Å². The highest BCUT2D eigenvalue weighted by atomic mass is 35.5.